The van der Waals surface area contributed by atoms with Gasteiger partial charge in [-0.1, -0.05) is 65.8 Å². The van der Waals surface area contributed by atoms with Crippen LogP contribution >= 0.6 is 23.4 Å². The minimum absolute atomic E-state index is 0.0169. The highest BCUT2D eigenvalue weighted by Gasteiger charge is 2.20. The summed E-state index contributed by atoms with van der Waals surface area (Å²) in [5.74, 6) is 0.845. The molecule has 0 aliphatic heterocycles. The SMILES string of the molecule is C=CCN(CC=C)C(=O)CSc1nnc(-c2ccccc2Cl)n1-c1ccccc1. The number of para-hydroxylation sites is 1. The maximum Gasteiger partial charge on any atom is 0.233 e. The van der Waals surface area contributed by atoms with Gasteiger partial charge in [-0.3, -0.25) is 9.36 Å². The Bertz CT molecular complexity index is 993. The molecule has 29 heavy (non-hydrogen) atoms. The Kier molecular flexibility index (Phi) is 7.27. The van der Waals surface area contributed by atoms with Gasteiger partial charge in [0.1, 0.15) is 0 Å². The second-order valence-corrected chi connectivity index (χ2v) is 7.47. The quantitative estimate of drug-likeness (QED) is 0.363. The van der Waals surface area contributed by atoms with Gasteiger partial charge in [-0.25, -0.2) is 0 Å². The molecule has 0 saturated carbocycles. The van der Waals surface area contributed by atoms with Crippen LogP contribution in [0, 0.1) is 0 Å². The average Bonchev–Trinajstić information content (AvgIpc) is 3.16. The maximum absolute atomic E-state index is 12.6. The normalized spacial score (nSPS) is 10.5. The third kappa shape index (κ3) is 4.96. The van der Waals surface area contributed by atoms with Crippen molar-refractivity contribution < 1.29 is 4.79 Å². The van der Waals surface area contributed by atoms with Crippen molar-refractivity contribution in [2.75, 3.05) is 18.8 Å². The Morgan fingerprint density at radius 2 is 1.69 bits per heavy atom. The molecule has 1 heterocycles. The largest absolute Gasteiger partial charge is 0.335 e. The van der Waals surface area contributed by atoms with Gasteiger partial charge in [-0.15, -0.1) is 23.4 Å². The van der Waals surface area contributed by atoms with E-state index in [2.05, 4.69) is 23.4 Å². The first-order valence-corrected chi connectivity index (χ1v) is 10.4. The van der Waals surface area contributed by atoms with Crippen LogP contribution in [-0.4, -0.2) is 44.4 Å². The number of thioether (sulfide) groups is 1. The molecule has 7 heteroatoms. The second kappa shape index (κ2) is 10.1. The minimum atomic E-state index is -0.0169. The van der Waals surface area contributed by atoms with Crippen LogP contribution in [0.3, 0.4) is 0 Å². The first-order chi connectivity index (χ1) is 14.2. The summed E-state index contributed by atoms with van der Waals surface area (Å²) in [6.07, 6.45) is 3.40. The smallest absolute Gasteiger partial charge is 0.233 e. The van der Waals surface area contributed by atoms with E-state index in [1.54, 1.807) is 17.1 Å². The lowest BCUT2D eigenvalue weighted by Gasteiger charge is -2.19. The van der Waals surface area contributed by atoms with Gasteiger partial charge in [-0.2, -0.15) is 0 Å². The molecule has 2 aromatic carbocycles. The number of hydrogen-bond donors (Lipinski definition) is 0. The van der Waals surface area contributed by atoms with E-state index in [-0.39, 0.29) is 11.7 Å². The van der Waals surface area contributed by atoms with Crippen LogP contribution in [0.15, 0.2) is 85.1 Å². The van der Waals surface area contributed by atoms with Gasteiger partial charge < -0.3 is 4.90 Å². The first kappa shape index (κ1) is 20.9. The van der Waals surface area contributed by atoms with E-state index < -0.39 is 0 Å². The molecule has 1 amide bonds. The van der Waals surface area contributed by atoms with Gasteiger partial charge in [0, 0.05) is 24.3 Å². The van der Waals surface area contributed by atoms with Gasteiger partial charge in [-0.05, 0) is 24.3 Å². The Hall–Kier alpha value is -2.83. The molecule has 3 rings (SSSR count). The van der Waals surface area contributed by atoms with Crippen molar-refractivity contribution >= 4 is 29.3 Å². The summed E-state index contributed by atoms with van der Waals surface area (Å²) in [7, 11) is 0. The van der Waals surface area contributed by atoms with E-state index >= 15 is 0 Å². The average molecular weight is 425 g/mol. The highest BCUT2D eigenvalue weighted by Crippen LogP contribution is 2.31. The van der Waals surface area contributed by atoms with Crippen molar-refractivity contribution in [1.29, 1.82) is 0 Å². The Labute approximate surface area is 179 Å². The lowest BCUT2D eigenvalue weighted by Crippen LogP contribution is -2.32. The van der Waals surface area contributed by atoms with E-state index in [0.717, 1.165) is 11.3 Å². The van der Waals surface area contributed by atoms with Crippen LogP contribution in [0.5, 0.6) is 0 Å². The lowest BCUT2D eigenvalue weighted by molar-refractivity contribution is -0.127. The number of aromatic nitrogens is 3. The Morgan fingerprint density at radius 3 is 2.34 bits per heavy atom. The molecule has 0 spiro atoms. The molecule has 5 nitrogen and oxygen atoms in total. The van der Waals surface area contributed by atoms with Gasteiger partial charge >= 0.3 is 0 Å². The predicted molar refractivity (Wildman–Crippen MR) is 120 cm³/mol. The summed E-state index contributed by atoms with van der Waals surface area (Å²) in [6.45, 7) is 8.36. The molecule has 0 N–H and O–H groups in total. The van der Waals surface area contributed by atoms with E-state index in [1.807, 2.05) is 59.2 Å². The lowest BCUT2D eigenvalue weighted by atomic mass is 10.2. The number of nitrogens with zero attached hydrogens (tertiary/aromatic N) is 4. The summed E-state index contributed by atoms with van der Waals surface area (Å²) in [5.41, 5.74) is 1.68. The maximum atomic E-state index is 12.6. The molecule has 1 aromatic heterocycles. The first-order valence-electron chi connectivity index (χ1n) is 9.03. The van der Waals surface area contributed by atoms with Crippen molar-refractivity contribution in [3.05, 3.63) is 84.9 Å². The van der Waals surface area contributed by atoms with Crippen molar-refractivity contribution in [2.45, 2.75) is 5.16 Å². The summed E-state index contributed by atoms with van der Waals surface area (Å²) in [4.78, 5) is 14.3. The number of halogens is 1. The second-order valence-electron chi connectivity index (χ2n) is 6.12. The van der Waals surface area contributed by atoms with E-state index in [1.165, 1.54) is 11.8 Å². The summed E-state index contributed by atoms with van der Waals surface area (Å²) >= 11 is 7.74. The van der Waals surface area contributed by atoms with E-state index in [9.17, 15) is 4.79 Å². The number of carbonyl (C=O) groups is 1. The van der Waals surface area contributed by atoms with E-state index in [4.69, 9.17) is 11.6 Å². The van der Waals surface area contributed by atoms with Crippen molar-refractivity contribution in [1.82, 2.24) is 19.7 Å². The fourth-order valence-corrected chi connectivity index (χ4v) is 3.87. The van der Waals surface area contributed by atoms with Crippen LogP contribution in [0.25, 0.3) is 17.1 Å². The third-order valence-electron chi connectivity index (χ3n) is 4.14. The van der Waals surface area contributed by atoms with Gasteiger partial charge in [0.15, 0.2) is 11.0 Å². The van der Waals surface area contributed by atoms with Crippen LogP contribution in [0.1, 0.15) is 0 Å². The molecular weight excluding hydrogens is 404 g/mol. The molecule has 3 aromatic rings. The highest BCUT2D eigenvalue weighted by molar-refractivity contribution is 7.99. The molecule has 0 atom stereocenters. The van der Waals surface area contributed by atoms with E-state index in [0.29, 0.717) is 29.1 Å². The summed E-state index contributed by atoms with van der Waals surface area (Å²) in [5, 5.41) is 9.92. The van der Waals surface area contributed by atoms with Crippen LogP contribution in [-0.2, 0) is 4.79 Å². The number of amides is 1. The van der Waals surface area contributed by atoms with Crippen LogP contribution < -0.4 is 0 Å². The zero-order chi connectivity index (χ0) is 20.6. The minimum Gasteiger partial charge on any atom is -0.335 e. The van der Waals surface area contributed by atoms with Crippen molar-refractivity contribution in [2.24, 2.45) is 0 Å². The van der Waals surface area contributed by atoms with Crippen LogP contribution in [0.4, 0.5) is 0 Å². The topological polar surface area (TPSA) is 51.0 Å². The molecular formula is C22H21ClN4OS. The molecule has 0 bridgehead atoms. The van der Waals surface area contributed by atoms with Crippen LogP contribution in [0.2, 0.25) is 5.02 Å². The third-order valence-corrected chi connectivity index (χ3v) is 5.38. The zero-order valence-electron chi connectivity index (χ0n) is 15.9. The van der Waals surface area contributed by atoms with Gasteiger partial charge in [0.2, 0.25) is 5.91 Å². The number of benzene rings is 2. The molecule has 0 aliphatic carbocycles. The number of rotatable bonds is 9. The van der Waals surface area contributed by atoms with Crippen molar-refractivity contribution in [3.8, 4) is 17.1 Å². The fraction of sp³-hybridized carbons (Fsp3) is 0.136. The number of hydrogen-bond acceptors (Lipinski definition) is 4. The Balaban J connectivity index is 1.93. The monoisotopic (exact) mass is 424 g/mol. The Morgan fingerprint density at radius 1 is 1.03 bits per heavy atom. The number of carbonyl (C=O) groups excluding carboxylic acids is 1. The highest BCUT2D eigenvalue weighted by atomic mass is 35.5. The molecule has 0 unspecified atom stereocenters. The molecule has 0 fully saturated rings. The van der Waals surface area contributed by atoms with Gasteiger partial charge in [0.05, 0.1) is 10.8 Å². The molecule has 0 saturated heterocycles. The molecule has 0 radical (unpaired) electrons. The zero-order valence-corrected chi connectivity index (χ0v) is 17.4. The standard InChI is InChI=1S/C22H21ClN4OS/c1-3-14-26(15-4-2)20(28)16-29-22-25-24-21(18-12-8-9-13-19(18)23)27(22)17-10-6-5-7-11-17/h3-13H,1-2,14-16H2. The molecule has 148 valence electrons. The fourth-order valence-electron chi connectivity index (χ4n) is 2.80. The van der Waals surface area contributed by atoms with Gasteiger partial charge in [0.25, 0.3) is 0 Å². The van der Waals surface area contributed by atoms with Crippen molar-refractivity contribution in [3.63, 3.8) is 0 Å². The predicted octanol–water partition coefficient (Wildman–Crippen LogP) is 4.88. The summed E-state index contributed by atoms with van der Waals surface area (Å²) < 4.78 is 1.92. The summed E-state index contributed by atoms with van der Waals surface area (Å²) in [6, 6.07) is 17.3. The molecule has 0 aliphatic rings.